The fraction of sp³-hybridized carbons (Fsp3) is 0. The lowest BCUT2D eigenvalue weighted by Crippen LogP contribution is -2.35. The Morgan fingerprint density at radius 3 is 3.11 bits per heavy atom. The van der Waals surface area contributed by atoms with Crippen molar-refractivity contribution < 1.29 is 0 Å². The van der Waals surface area contributed by atoms with Crippen molar-refractivity contribution in [3.63, 3.8) is 0 Å². The van der Waals surface area contributed by atoms with Crippen LogP contribution in [0.5, 0.6) is 0 Å². The summed E-state index contributed by atoms with van der Waals surface area (Å²) in [5, 5.41) is 6.14. The number of nitrogens with one attached hydrogen (secondary N) is 3. The van der Waals surface area contributed by atoms with Gasteiger partial charge in [0.15, 0.2) is 0 Å². The van der Waals surface area contributed by atoms with Crippen LogP contribution in [0.15, 0.2) is 6.33 Å². The molecular formula is C2H6N6S. The predicted molar refractivity (Wildman–Crippen MR) is 34.1 cm³/mol. The molecule has 50 valence electrons. The van der Waals surface area contributed by atoms with Crippen molar-refractivity contribution in [2.75, 3.05) is 5.53 Å². The molecule has 0 unspecified atom stereocenters. The van der Waals surface area contributed by atoms with Crippen LogP contribution in [-0.4, -0.2) is 14.9 Å². The Labute approximate surface area is 56.0 Å². The molecule has 0 aliphatic heterocycles. The first kappa shape index (κ1) is 6.20. The Hall–Kier alpha value is -0.920. The first-order valence-corrected chi connectivity index (χ1v) is 2.59. The fourth-order valence-corrected chi connectivity index (χ4v) is 0.543. The Bertz CT molecular complexity index is 223. The highest BCUT2D eigenvalue weighted by Gasteiger charge is 1.85. The van der Waals surface area contributed by atoms with Gasteiger partial charge in [-0.15, -0.1) is 0 Å². The van der Waals surface area contributed by atoms with Crippen LogP contribution in [0.4, 0.5) is 0 Å². The van der Waals surface area contributed by atoms with Crippen LogP contribution in [0.25, 0.3) is 0 Å². The summed E-state index contributed by atoms with van der Waals surface area (Å²) in [4.78, 5) is 0. The summed E-state index contributed by atoms with van der Waals surface area (Å²) < 4.78 is 1.88. The van der Waals surface area contributed by atoms with Gasteiger partial charge in [0.05, 0.1) is 0 Å². The molecule has 5 N–H and O–H groups in total. The average molecular weight is 146 g/mol. The second kappa shape index (κ2) is 2.58. The lowest BCUT2D eigenvalue weighted by molar-refractivity contribution is 0.702. The van der Waals surface area contributed by atoms with Crippen molar-refractivity contribution in [2.24, 2.45) is 5.84 Å². The largest absolute Gasteiger partial charge is 0.252 e. The van der Waals surface area contributed by atoms with Crippen LogP contribution >= 0.6 is 12.2 Å². The molecule has 0 spiro atoms. The van der Waals surface area contributed by atoms with Gasteiger partial charge in [0.1, 0.15) is 6.33 Å². The Morgan fingerprint density at radius 1 is 1.89 bits per heavy atom. The molecule has 0 fully saturated rings. The second-order valence-electron chi connectivity index (χ2n) is 1.29. The van der Waals surface area contributed by atoms with Gasteiger partial charge in [0, 0.05) is 0 Å². The van der Waals surface area contributed by atoms with Gasteiger partial charge in [-0.05, 0) is 12.2 Å². The zero-order valence-electron chi connectivity index (χ0n) is 4.46. The third-order valence-corrected chi connectivity index (χ3v) is 1.03. The molecule has 0 aromatic carbocycles. The van der Waals surface area contributed by atoms with Crippen LogP contribution in [0.3, 0.4) is 0 Å². The molecular weight excluding hydrogens is 140 g/mol. The van der Waals surface area contributed by atoms with Crippen molar-refractivity contribution in [3.05, 3.63) is 11.1 Å². The van der Waals surface area contributed by atoms with E-state index in [0.717, 1.165) is 0 Å². The topological polar surface area (TPSA) is 83.7 Å². The summed E-state index contributed by atoms with van der Waals surface area (Å²) in [7, 11) is 0. The minimum absolute atomic E-state index is 0.452. The van der Waals surface area contributed by atoms with Crippen LogP contribution < -0.4 is 16.9 Å². The van der Waals surface area contributed by atoms with E-state index in [4.69, 9.17) is 18.1 Å². The molecule has 0 radical (unpaired) electrons. The summed E-state index contributed by atoms with van der Waals surface area (Å²) in [6.45, 7) is 0. The van der Waals surface area contributed by atoms with Gasteiger partial charge in [-0.3, -0.25) is 10.9 Å². The lowest BCUT2D eigenvalue weighted by Gasteiger charge is -1.99. The third-order valence-electron chi connectivity index (χ3n) is 0.737. The van der Waals surface area contributed by atoms with Crippen molar-refractivity contribution in [2.45, 2.75) is 0 Å². The average Bonchev–Trinajstić information content (AvgIpc) is 2.18. The van der Waals surface area contributed by atoms with E-state index in [2.05, 4.69) is 21.3 Å². The molecule has 1 aromatic rings. The fourth-order valence-electron chi connectivity index (χ4n) is 0.397. The van der Waals surface area contributed by atoms with E-state index in [1.807, 2.05) is 0 Å². The number of hydrogen-bond acceptors (Lipinski definition) is 5. The van der Waals surface area contributed by atoms with E-state index in [1.54, 1.807) is 0 Å². The van der Waals surface area contributed by atoms with Crippen molar-refractivity contribution in [1.82, 2.24) is 20.4 Å². The van der Waals surface area contributed by atoms with Gasteiger partial charge in [-0.25, -0.2) is 10.2 Å². The normalized spacial score (nSPS) is 9.44. The Morgan fingerprint density at radius 2 is 2.67 bits per heavy atom. The summed E-state index contributed by atoms with van der Waals surface area (Å²) in [6.07, 6.45) is 1.46. The van der Waals surface area contributed by atoms with Crippen LogP contribution in [-0.2, 0) is 0 Å². The molecule has 0 aliphatic carbocycles. The lowest BCUT2D eigenvalue weighted by atomic mass is 11.2. The third kappa shape index (κ3) is 1.25. The molecule has 1 aromatic heterocycles. The first-order valence-electron chi connectivity index (χ1n) is 2.18. The molecule has 6 nitrogen and oxygen atoms in total. The van der Waals surface area contributed by atoms with E-state index in [1.165, 1.54) is 11.0 Å². The van der Waals surface area contributed by atoms with Gasteiger partial charge in [-0.1, -0.05) is 0 Å². The number of H-pyrrole nitrogens is 1. The summed E-state index contributed by atoms with van der Waals surface area (Å²) in [6, 6.07) is 0. The first-order chi connectivity index (χ1) is 4.34. The molecule has 0 bridgehead atoms. The molecule has 0 saturated carbocycles. The highest BCUT2D eigenvalue weighted by molar-refractivity contribution is 7.71. The zero-order chi connectivity index (χ0) is 6.69. The van der Waals surface area contributed by atoms with Gasteiger partial charge in [-0.2, -0.15) is 10.6 Å². The maximum atomic E-state index is 4.92. The molecule has 0 aliphatic rings. The maximum Gasteiger partial charge on any atom is 0.215 e. The molecule has 9 heavy (non-hydrogen) atoms. The monoisotopic (exact) mass is 146 g/mol. The standard InChI is InChI=1S/C2H6N6S/c3-6-7-8-1-4-5-2(8)9/h1,6-7H,3H2,(H,5,9). The number of aromatic amines is 1. The molecule has 7 heteroatoms. The van der Waals surface area contributed by atoms with E-state index < -0.39 is 0 Å². The molecule has 0 atom stereocenters. The van der Waals surface area contributed by atoms with Crippen LogP contribution in [0.2, 0.25) is 0 Å². The van der Waals surface area contributed by atoms with E-state index in [-0.39, 0.29) is 0 Å². The number of hydrazine groups is 2. The van der Waals surface area contributed by atoms with E-state index >= 15 is 0 Å². The Balaban J connectivity index is 2.81. The number of nitrogens with two attached hydrogens (primary N) is 1. The molecule has 1 heterocycles. The summed E-state index contributed by atoms with van der Waals surface area (Å²) in [5.41, 5.74) is 4.70. The molecule has 1 rings (SSSR count). The second-order valence-corrected chi connectivity index (χ2v) is 1.67. The number of nitrogens with zero attached hydrogens (tertiary/aromatic N) is 2. The summed E-state index contributed by atoms with van der Waals surface area (Å²) >= 11 is 4.74. The van der Waals surface area contributed by atoms with Gasteiger partial charge < -0.3 is 0 Å². The van der Waals surface area contributed by atoms with Gasteiger partial charge >= 0.3 is 0 Å². The molecule has 0 amide bonds. The maximum absolute atomic E-state index is 4.92. The smallest absolute Gasteiger partial charge is 0.215 e. The zero-order valence-corrected chi connectivity index (χ0v) is 5.27. The van der Waals surface area contributed by atoms with Gasteiger partial charge in [0.25, 0.3) is 0 Å². The highest BCUT2D eigenvalue weighted by atomic mass is 32.1. The van der Waals surface area contributed by atoms with Crippen LogP contribution in [0.1, 0.15) is 0 Å². The predicted octanol–water partition coefficient (Wildman–Crippen LogP) is -1.14. The number of hydrogen-bond donors (Lipinski definition) is 4. The summed E-state index contributed by atoms with van der Waals surface area (Å²) in [5.74, 6) is 4.92. The minimum Gasteiger partial charge on any atom is -0.252 e. The number of aromatic nitrogens is 3. The van der Waals surface area contributed by atoms with Crippen molar-refractivity contribution in [3.8, 4) is 0 Å². The van der Waals surface area contributed by atoms with Gasteiger partial charge in [0.2, 0.25) is 4.77 Å². The Kier molecular flexibility index (Phi) is 1.78. The number of rotatable bonds is 2. The SMILES string of the molecule is NNNn1cn[nH]c1=S. The molecule has 0 saturated heterocycles. The van der Waals surface area contributed by atoms with E-state index in [9.17, 15) is 0 Å². The highest BCUT2D eigenvalue weighted by Crippen LogP contribution is 1.77. The minimum atomic E-state index is 0.452. The van der Waals surface area contributed by atoms with Crippen molar-refractivity contribution >= 4 is 12.2 Å². The van der Waals surface area contributed by atoms with Crippen LogP contribution in [0, 0.1) is 4.77 Å². The van der Waals surface area contributed by atoms with Crippen molar-refractivity contribution in [1.29, 1.82) is 0 Å². The van der Waals surface area contributed by atoms with E-state index in [0.29, 0.717) is 4.77 Å². The quantitative estimate of drug-likeness (QED) is 0.241.